The molecule has 18 heavy (non-hydrogen) atoms. The van der Waals surface area contributed by atoms with E-state index < -0.39 is 0 Å². The van der Waals surface area contributed by atoms with E-state index in [-0.39, 0.29) is 12.4 Å². The van der Waals surface area contributed by atoms with Gasteiger partial charge in [0, 0.05) is 5.69 Å². The van der Waals surface area contributed by atoms with Gasteiger partial charge in [-0.05, 0) is 31.2 Å². The minimum atomic E-state index is -0.0445. The Kier molecular flexibility index (Phi) is 3.47. The second-order valence-electron chi connectivity index (χ2n) is 3.66. The number of oxime groups is 1. The molecule has 2 heterocycles. The molecule has 2 rings (SSSR count). The highest BCUT2D eigenvalue weighted by molar-refractivity contribution is 5.99. The van der Waals surface area contributed by atoms with E-state index in [1.165, 1.54) is 0 Å². The van der Waals surface area contributed by atoms with E-state index in [2.05, 4.69) is 10.1 Å². The predicted molar refractivity (Wildman–Crippen MR) is 64.5 cm³/mol. The zero-order valence-corrected chi connectivity index (χ0v) is 9.83. The topological polar surface area (TPSA) is 93.9 Å². The van der Waals surface area contributed by atoms with Crippen molar-refractivity contribution in [3.05, 3.63) is 47.5 Å². The number of aromatic nitrogens is 1. The fourth-order valence-corrected chi connectivity index (χ4v) is 1.43. The first-order valence-corrected chi connectivity index (χ1v) is 5.31. The van der Waals surface area contributed by atoms with Crippen molar-refractivity contribution >= 4 is 5.84 Å². The highest BCUT2D eigenvalue weighted by atomic mass is 16.5. The fourth-order valence-electron chi connectivity index (χ4n) is 1.43. The molecular formula is C12H13N3O3. The summed E-state index contributed by atoms with van der Waals surface area (Å²) in [4.78, 5) is 4.21. The molecule has 94 valence electrons. The van der Waals surface area contributed by atoms with Crippen molar-refractivity contribution in [1.29, 1.82) is 0 Å². The smallest absolute Gasteiger partial charge is 0.225 e. The van der Waals surface area contributed by atoms with Crippen LogP contribution >= 0.6 is 0 Å². The maximum absolute atomic E-state index is 8.70. The normalized spacial score (nSPS) is 11.5. The Morgan fingerprint density at radius 3 is 3.00 bits per heavy atom. The molecule has 0 aliphatic heterocycles. The van der Waals surface area contributed by atoms with Gasteiger partial charge >= 0.3 is 0 Å². The van der Waals surface area contributed by atoms with E-state index in [9.17, 15) is 0 Å². The van der Waals surface area contributed by atoms with Gasteiger partial charge in [0.25, 0.3) is 0 Å². The molecule has 0 bridgehead atoms. The average Bonchev–Trinajstić information content (AvgIpc) is 2.88. The molecule has 0 radical (unpaired) electrons. The molecular weight excluding hydrogens is 234 g/mol. The highest BCUT2D eigenvalue weighted by Gasteiger charge is 2.11. The Morgan fingerprint density at radius 2 is 2.33 bits per heavy atom. The number of amidine groups is 1. The summed E-state index contributed by atoms with van der Waals surface area (Å²) < 4.78 is 10.7. The first-order chi connectivity index (χ1) is 8.70. The lowest BCUT2D eigenvalue weighted by Gasteiger charge is -2.09. The Labute approximate surface area is 104 Å². The molecule has 0 saturated heterocycles. The first-order valence-electron chi connectivity index (χ1n) is 5.31. The van der Waals surface area contributed by atoms with Gasteiger partial charge in [-0.2, -0.15) is 0 Å². The zero-order chi connectivity index (χ0) is 13.0. The van der Waals surface area contributed by atoms with Gasteiger partial charge in [0.05, 0.1) is 11.8 Å². The van der Waals surface area contributed by atoms with Gasteiger partial charge in [0.2, 0.25) is 5.88 Å². The maximum Gasteiger partial charge on any atom is 0.225 e. The van der Waals surface area contributed by atoms with Crippen molar-refractivity contribution in [3.63, 3.8) is 0 Å². The average molecular weight is 247 g/mol. The van der Waals surface area contributed by atoms with Crippen molar-refractivity contribution in [1.82, 2.24) is 4.98 Å². The number of furan rings is 1. The van der Waals surface area contributed by atoms with Crippen LogP contribution in [0, 0.1) is 6.92 Å². The van der Waals surface area contributed by atoms with Crippen LogP contribution in [0.3, 0.4) is 0 Å². The van der Waals surface area contributed by atoms with Gasteiger partial charge in [0.1, 0.15) is 12.4 Å². The molecule has 0 aromatic carbocycles. The standard InChI is InChI=1S/C12H13N3O3/c1-8-4-5-10(11(13)15-16)12(14-8)18-7-9-3-2-6-17-9/h2-6,16H,7H2,1H3,(H2,13,15). The number of ether oxygens (including phenoxy) is 1. The van der Waals surface area contributed by atoms with Crippen molar-refractivity contribution in [2.45, 2.75) is 13.5 Å². The van der Waals surface area contributed by atoms with Gasteiger partial charge in [-0.1, -0.05) is 5.16 Å². The van der Waals surface area contributed by atoms with E-state index in [1.54, 1.807) is 30.5 Å². The van der Waals surface area contributed by atoms with Crippen LogP contribution in [-0.4, -0.2) is 16.0 Å². The number of rotatable bonds is 4. The lowest BCUT2D eigenvalue weighted by Crippen LogP contribution is -2.16. The van der Waals surface area contributed by atoms with E-state index in [0.29, 0.717) is 17.2 Å². The Balaban J connectivity index is 2.22. The van der Waals surface area contributed by atoms with Crippen LogP contribution in [0.25, 0.3) is 0 Å². The molecule has 6 nitrogen and oxygen atoms in total. The number of hydrogen-bond donors (Lipinski definition) is 2. The summed E-state index contributed by atoms with van der Waals surface area (Å²) in [6.45, 7) is 2.06. The number of pyridine rings is 1. The summed E-state index contributed by atoms with van der Waals surface area (Å²) >= 11 is 0. The van der Waals surface area contributed by atoms with Crippen molar-refractivity contribution in [3.8, 4) is 5.88 Å². The van der Waals surface area contributed by atoms with Crippen molar-refractivity contribution in [2.75, 3.05) is 0 Å². The minimum Gasteiger partial charge on any atom is -0.469 e. The van der Waals surface area contributed by atoms with Crippen LogP contribution in [0.4, 0.5) is 0 Å². The minimum absolute atomic E-state index is 0.0445. The van der Waals surface area contributed by atoms with Crippen LogP contribution in [0.15, 0.2) is 40.1 Å². The summed E-state index contributed by atoms with van der Waals surface area (Å²) in [5, 5.41) is 11.6. The molecule has 6 heteroatoms. The number of aryl methyl sites for hydroxylation is 1. The van der Waals surface area contributed by atoms with E-state index >= 15 is 0 Å². The molecule has 0 saturated carbocycles. The second-order valence-corrected chi connectivity index (χ2v) is 3.66. The molecule has 0 fully saturated rings. The van der Waals surface area contributed by atoms with Crippen LogP contribution in [-0.2, 0) is 6.61 Å². The van der Waals surface area contributed by atoms with Gasteiger partial charge < -0.3 is 20.1 Å². The molecule has 0 aliphatic rings. The summed E-state index contributed by atoms with van der Waals surface area (Å²) in [6.07, 6.45) is 1.56. The molecule has 0 amide bonds. The quantitative estimate of drug-likeness (QED) is 0.371. The summed E-state index contributed by atoms with van der Waals surface area (Å²) in [6, 6.07) is 7.01. The molecule has 0 aliphatic carbocycles. The Hall–Kier alpha value is -2.50. The van der Waals surface area contributed by atoms with Crippen molar-refractivity contribution in [2.24, 2.45) is 10.9 Å². The van der Waals surface area contributed by atoms with Crippen LogP contribution < -0.4 is 10.5 Å². The van der Waals surface area contributed by atoms with Crippen LogP contribution in [0.5, 0.6) is 5.88 Å². The highest BCUT2D eigenvalue weighted by Crippen LogP contribution is 2.17. The Bertz CT molecular complexity index is 550. The van der Waals surface area contributed by atoms with Crippen molar-refractivity contribution < 1.29 is 14.4 Å². The molecule has 0 unspecified atom stereocenters. The number of nitrogens with two attached hydrogens (primary N) is 1. The van der Waals surface area contributed by atoms with Crippen LogP contribution in [0.1, 0.15) is 17.0 Å². The third kappa shape index (κ3) is 2.60. The number of hydrogen-bond acceptors (Lipinski definition) is 5. The van der Waals surface area contributed by atoms with E-state index in [1.807, 2.05) is 6.92 Å². The first kappa shape index (κ1) is 12.0. The van der Waals surface area contributed by atoms with E-state index in [0.717, 1.165) is 5.69 Å². The molecule has 0 spiro atoms. The summed E-state index contributed by atoms with van der Waals surface area (Å²) in [5.41, 5.74) is 6.77. The van der Waals surface area contributed by atoms with Gasteiger partial charge in [-0.15, -0.1) is 0 Å². The predicted octanol–water partition coefficient (Wildman–Crippen LogP) is 1.66. The summed E-state index contributed by atoms with van der Waals surface area (Å²) in [7, 11) is 0. The summed E-state index contributed by atoms with van der Waals surface area (Å²) in [5.74, 6) is 0.933. The molecule has 0 atom stereocenters. The fraction of sp³-hybridized carbons (Fsp3) is 0.167. The third-order valence-corrected chi connectivity index (χ3v) is 2.31. The zero-order valence-electron chi connectivity index (χ0n) is 9.83. The lowest BCUT2D eigenvalue weighted by atomic mass is 10.2. The van der Waals surface area contributed by atoms with E-state index in [4.69, 9.17) is 20.1 Å². The third-order valence-electron chi connectivity index (χ3n) is 2.31. The maximum atomic E-state index is 8.70. The molecule has 3 N–H and O–H groups in total. The largest absolute Gasteiger partial charge is 0.469 e. The van der Waals surface area contributed by atoms with Gasteiger partial charge in [0.15, 0.2) is 5.84 Å². The van der Waals surface area contributed by atoms with Gasteiger partial charge in [-0.25, -0.2) is 4.98 Å². The SMILES string of the molecule is Cc1ccc(C(N)=NO)c(OCc2ccco2)n1. The monoisotopic (exact) mass is 247 g/mol. The van der Waals surface area contributed by atoms with Gasteiger partial charge in [-0.3, -0.25) is 0 Å². The second kappa shape index (κ2) is 5.22. The molecule has 2 aromatic rings. The van der Waals surface area contributed by atoms with Crippen LogP contribution in [0.2, 0.25) is 0 Å². The molecule has 2 aromatic heterocycles. The Morgan fingerprint density at radius 1 is 1.50 bits per heavy atom. The lowest BCUT2D eigenvalue weighted by molar-refractivity contribution is 0.259. The number of nitrogens with zero attached hydrogens (tertiary/aromatic N) is 2.